The third-order valence-electron chi connectivity index (χ3n) is 5.26. The Morgan fingerprint density at radius 3 is 2.46 bits per heavy atom. The summed E-state index contributed by atoms with van der Waals surface area (Å²) in [4.78, 5) is 2.43. The molecule has 1 saturated heterocycles. The molecule has 28 heavy (non-hydrogen) atoms. The van der Waals surface area contributed by atoms with E-state index in [9.17, 15) is 13.7 Å². The Morgan fingerprint density at radius 2 is 1.86 bits per heavy atom. The van der Waals surface area contributed by atoms with Gasteiger partial charge in [0.15, 0.2) is 0 Å². The number of piperidine rings is 1. The van der Waals surface area contributed by atoms with Crippen molar-refractivity contribution in [2.24, 2.45) is 11.1 Å². The predicted octanol–water partition coefficient (Wildman–Crippen LogP) is 2.84. The first-order chi connectivity index (χ1) is 13.3. The van der Waals surface area contributed by atoms with Crippen LogP contribution in [0, 0.1) is 24.2 Å². The molecule has 3 N–H and O–H groups in total. The number of benzene rings is 2. The number of anilines is 1. The molecule has 148 valence electrons. The van der Waals surface area contributed by atoms with Gasteiger partial charge in [-0.05, 0) is 62.5 Å². The molecule has 0 radical (unpaired) electrons. The highest BCUT2D eigenvalue weighted by Crippen LogP contribution is 2.23. The zero-order valence-corrected chi connectivity index (χ0v) is 16.9. The van der Waals surface area contributed by atoms with Crippen molar-refractivity contribution in [3.05, 3.63) is 59.2 Å². The second-order valence-electron chi connectivity index (χ2n) is 7.45. The van der Waals surface area contributed by atoms with Gasteiger partial charge >= 0.3 is 0 Å². The van der Waals surface area contributed by atoms with Crippen LogP contribution in [0.2, 0.25) is 0 Å². The van der Waals surface area contributed by atoms with Crippen LogP contribution >= 0.6 is 0 Å². The third kappa shape index (κ3) is 5.32. The van der Waals surface area contributed by atoms with Crippen LogP contribution in [-0.2, 0) is 16.6 Å². The maximum atomic E-state index is 11.4. The molecule has 1 aliphatic rings. The second-order valence-corrected chi connectivity index (χ2v) is 9.01. The summed E-state index contributed by atoms with van der Waals surface area (Å²) in [6.07, 6.45) is 2.19. The van der Waals surface area contributed by atoms with Gasteiger partial charge < -0.3 is 5.32 Å². The van der Waals surface area contributed by atoms with Gasteiger partial charge in [0.1, 0.15) is 6.07 Å². The number of rotatable bonds is 6. The highest BCUT2D eigenvalue weighted by Gasteiger charge is 2.20. The fourth-order valence-corrected chi connectivity index (χ4v) is 4.04. The van der Waals surface area contributed by atoms with Crippen molar-refractivity contribution in [2.75, 3.05) is 25.0 Å². The molecule has 0 unspecified atom stereocenters. The third-order valence-corrected chi connectivity index (χ3v) is 6.17. The van der Waals surface area contributed by atoms with Crippen LogP contribution in [0.1, 0.15) is 29.5 Å². The SMILES string of the molecule is Cc1ccc(CN2CCC(CNc3ccc(S(N)(=O)=O)cc3C#N)CC2)cc1. The molecule has 1 aliphatic heterocycles. The summed E-state index contributed by atoms with van der Waals surface area (Å²) in [5, 5.41) is 17.7. The average molecular weight is 399 g/mol. The van der Waals surface area contributed by atoms with Gasteiger partial charge in [-0.2, -0.15) is 5.26 Å². The summed E-state index contributed by atoms with van der Waals surface area (Å²) >= 11 is 0. The van der Waals surface area contributed by atoms with Gasteiger partial charge in [0, 0.05) is 13.1 Å². The Labute approximate surface area is 167 Å². The van der Waals surface area contributed by atoms with E-state index in [0.29, 0.717) is 17.2 Å². The number of nitrogens with two attached hydrogens (primary N) is 1. The van der Waals surface area contributed by atoms with Gasteiger partial charge in [0.2, 0.25) is 10.0 Å². The van der Waals surface area contributed by atoms with Crippen molar-refractivity contribution in [1.29, 1.82) is 5.26 Å². The minimum absolute atomic E-state index is 0.0426. The van der Waals surface area contributed by atoms with E-state index in [4.69, 9.17) is 5.14 Å². The highest BCUT2D eigenvalue weighted by molar-refractivity contribution is 7.89. The minimum atomic E-state index is -3.81. The Bertz CT molecular complexity index is 957. The van der Waals surface area contributed by atoms with E-state index in [0.717, 1.165) is 39.0 Å². The molecule has 0 atom stereocenters. The Morgan fingerprint density at radius 1 is 1.18 bits per heavy atom. The quantitative estimate of drug-likeness (QED) is 0.779. The van der Waals surface area contributed by atoms with E-state index in [1.807, 2.05) is 6.07 Å². The summed E-state index contributed by atoms with van der Waals surface area (Å²) in [5.41, 5.74) is 3.57. The Kier molecular flexibility index (Phi) is 6.35. The van der Waals surface area contributed by atoms with Crippen molar-refractivity contribution >= 4 is 15.7 Å². The molecule has 2 aromatic rings. The molecule has 3 rings (SSSR count). The fraction of sp³-hybridized carbons (Fsp3) is 0.381. The maximum Gasteiger partial charge on any atom is 0.238 e. The molecule has 2 aromatic carbocycles. The van der Waals surface area contributed by atoms with Gasteiger partial charge in [0.05, 0.1) is 16.1 Å². The summed E-state index contributed by atoms with van der Waals surface area (Å²) in [6, 6.07) is 15.1. The molecule has 0 spiro atoms. The van der Waals surface area contributed by atoms with Gasteiger partial charge in [-0.15, -0.1) is 0 Å². The number of hydrogen-bond acceptors (Lipinski definition) is 5. The largest absolute Gasteiger partial charge is 0.384 e. The van der Waals surface area contributed by atoms with Crippen molar-refractivity contribution in [3.8, 4) is 6.07 Å². The molecule has 0 aliphatic carbocycles. The fourth-order valence-electron chi connectivity index (χ4n) is 3.50. The Hall–Kier alpha value is -2.40. The van der Waals surface area contributed by atoms with E-state index in [1.54, 1.807) is 6.07 Å². The highest BCUT2D eigenvalue weighted by atomic mass is 32.2. The molecule has 1 fully saturated rings. The minimum Gasteiger partial charge on any atom is -0.384 e. The molecule has 0 saturated carbocycles. The normalized spacial score (nSPS) is 15.9. The predicted molar refractivity (Wildman–Crippen MR) is 110 cm³/mol. The van der Waals surface area contributed by atoms with Gasteiger partial charge in [-0.25, -0.2) is 13.6 Å². The van der Waals surface area contributed by atoms with Crippen LogP contribution < -0.4 is 10.5 Å². The molecule has 0 bridgehead atoms. The van der Waals surface area contributed by atoms with Crippen LogP contribution in [0.15, 0.2) is 47.4 Å². The smallest absolute Gasteiger partial charge is 0.238 e. The van der Waals surface area contributed by atoms with Gasteiger partial charge in [-0.3, -0.25) is 4.90 Å². The Balaban J connectivity index is 1.51. The van der Waals surface area contributed by atoms with Crippen molar-refractivity contribution in [3.63, 3.8) is 0 Å². The summed E-state index contributed by atoms with van der Waals surface area (Å²) in [6.45, 7) is 5.95. The molecule has 0 aromatic heterocycles. The first-order valence-electron chi connectivity index (χ1n) is 9.44. The van der Waals surface area contributed by atoms with E-state index < -0.39 is 10.0 Å². The van der Waals surface area contributed by atoms with Crippen LogP contribution in [0.4, 0.5) is 5.69 Å². The zero-order chi connectivity index (χ0) is 20.1. The monoisotopic (exact) mass is 398 g/mol. The average Bonchev–Trinajstić information content (AvgIpc) is 2.68. The van der Waals surface area contributed by atoms with Crippen LogP contribution in [0.25, 0.3) is 0 Å². The first-order valence-corrected chi connectivity index (χ1v) is 11.0. The standard InChI is InChI=1S/C21H26N4O2S/c1-16-2-4-18(5-3-16)15-25-10-8-17(9-11-25)14-24-21-7-6-20(28(23,26)27)12-19(21)13-22/h2-7,12,17,24H,8-11,14-15H2,1H3,(H2,23,26,27). The lowest BCUT2D eigenvalue weighted by molar-refractivity contribution is 0.182. The number of hydrogen-bond donors (Lipinski definition) is 2. The number of likely N-dealkylation sites (tertiary alicyclic amines) is 1. The molecular weight excluding hydrogens is 372 g/mol. The van der Waals surface area contributed by atoms with Gasteiger partial charge in [-0.1, -0.05) is 29.8 Å². The number of primary sulfonamides is 1. The number of nitrogens with one attached hydrogen (secondary N) is 1. The lowest BCUT2D eigenvalue weighted by Crippen LogP contribution is -2.35. The van der Waals surface area contributed by atoms with E-state index >= 15 is 0 Å². The number of sulfonamides is 1. The van der Waals surface area contributed by atoms with Gasteiger partial charge in [0.25, 0.3) is 0 Å². The maximum absolute atomic E-state index is 11.4. The summed E-state index contributed by atoms with van der Waals surface area (Å²) < 4.78 is 22.9. The number of aryl methyl sites for hydroxylation is 1. The first kappa shape index (κ1) is 20.3. The molecule has 0 amide bonds. The van der Waals surface area contributed by atoms with E-state index in [2.05, 4.69) is 41.4 Å². The van der Waals surface area contributed by atoms with Crippen molar-refractivity contribution < 1.29 is 8.42 Å². The molecule has 1 heterocycles. The second kappa shape index (κ2) is 8.74. The zero-order valence-electron chi connectivity index (χ0n) is 16.1. The van der Waals surface area contributed by atoms with Crippen LogP contribution in [-0.4, -0.2) is 33.0 Å². The topological polar surface area (TPSA) is 99.2 Å². The summed E-state index contributed by atoms with van der Waals surface area (Å²) in [7, 11) is -3.81. The van der Waals surface area contributed by atoms with Crippen molar-refractivity contribution in [1.82, 2.24) is 4.90 Å². The lowest BCUT2D eigenvalue weighted by atomic mass is 9.96. The molecule has 7 heteroatoms. The van der Waals surface area contributed by atoms with Crippen LogP contribution in [0.5, 0.6) is 0 Å². The van der Waals surface area contributed by atoms with E-state index in [1.165, 1.54) is 23.3 Å². The van der Waals surface area contributed by atoms with Crippen LogP contribution in [0.3, 0.4) is 0 Å². The molecule has 6 nitrogen and oxygen atoms in total. The summed E-state index contributed by atoms with van der Waals surface area (Å²) in [5.74, 6) is 0.527. The lowest BCUT2D eigenvalue weighted by Gasteiger charge is -2.32. The van der Waals surface area contributed by atoms with Crippen molar-refractivity contribution in [2.45, 2.75) is 31.2 Å². The van der Waals surface area contributed by atoms with E-state index in [-0.39, 0.29) is 4.90 Å². The molecular formula is C21H26N4O2S. The number of nitrogens with zero attached hydrogens (tertiary/aromatic N) is 2. The number of nitriles is 1.